The number of fused-ring (bicyclic) bond motifs is 2. The molecule has 3 heterocycles. The van der Waals surface area contributed by atoms with Crippen LogP contribution in [0, 0.1) is 5.92 Å². The Hall–Kier alpha value is -0.550. The van der Waals surface area contributed by atoms with Crippen LogP contribution in [0.2, 0.25) is 0 Å². The summed E-state index contributed by atoms with van der Waals surface area (Å²) >= 11 is 1.86. The fourth-order valence-corrected chi connectivity index (χ4v) is 3.98. The third-order valence-electron chi connectivity index (χ3n) is 4.18. The van der Waals surface area contributed by atoms with Crippen LogP contribution in [0.4, 0.5) is 0 Å². The van der Waals surface area contributed by atoms with E-state index in [-0.39, 0.29) is 4.75 Å². The van der Waals surface area contributed by atoms with Gasteiger partial charge in [-0.3, -0.25) is 0 Å². The van der Waals surface area contributed by atoms with Crippen LogP contribution in [0.1, 0.15) is 58.2 Å². The highest BCUT2D eigenvalue weighted by molar-refractivity contribution is 7.99. The smallest absolute Gasteiger partial charge is 0.226 e. The standard InChI is InChI=1S/C15H25N3OS/c1-15(2,3)20-9-13-17-14(19-18-13)8-10-6-11-4-5-12(7-10)16-11/h10-12,16H,4-9H2,1-3H3. The van der Waals surface area contributed by atoms with Gasteiger partial charge in [-0.05, 0) is 31.6 Å². The molecule has 112 valence electrons. The van der Waals surface area contributed by atoms with Gasteiger partial charge in [0.2, 0.25) is 5.89 Å². The van der Waals surface area contributed by atoms with Crippen LogP contribution in [0.25, 0.3) is 0 Å². The first kappa shape index (κ1) is 14.4. The molecule has 1 aromatic heterocycles. The lowest BCUT2D eigenvalue weighted by atomic mass is 9.90. The van der Waals surface area contributed by atoms with Gasteiger partial charge in [-0.25, -0.2) is 0 Å². The van der Waals surface area contributed by atoms with E-state index in [2.05, 4.69) is 36.2 Å². The van der Waals surface area contributed by atoms with Gasteiger partial charge in [0, 0.05) is 23.3 Å². The van der Waals surface area contributed by atoms with Crippen LogP contribution in [0.3, 0.4) is 0 Å². The quantitative estimate of drug-likeness (QED) is 0.924. The maximum absolute atomic E-state index is 5.43. The zero-order valence-electron chi connectivity index (χ0n) is 12.7. The molecule has 1 aromatic rings. The maximum Gasteiger partial charge on any atom is 0.226 e. The van der Waals surface area contributed by atoms with E-state index in [1.54, 1.807) is 0 Å². The minimum absolute atomic E-state index is 0.245. The SMILES string of the molecule is CC(C)(C)SCc1noc(CC2CC3CCC(C2)N3)n1. The Bertz CT molecular complexity index is 442. The van der Waals surface area contributed by atoms with Crippen molar-refractivity contribution in [3.63, 3.8) is 0 Å². The van der Waals surface area contributed by atoms with Gasteiger partial charge in [-0.1, -0.05) is 25.9 Å². The van der Waals surface area contributed by atoms with Crippen molar-refractivity contribution in [3.05, 3.63) is 11.7 Å². The lowest BCUT2D eigenvalue weighted by Crippen LogP contribution is -2.38. The number of thioether (sulfide) groups is 1. The number of nitrogens with zero attached hydrogens (tertiary/aromatic N) is 2. The monoisotopic (exact) mass is 295 g/mol. The van der Waals surface area contributed by atoms with Gasteiger partial charge in [0.15, 0.2) is 5.82 Å². The zero-order chi connectivity index (χ0) is 14.2. The first-order valence-electron chi connectivity index (χ1n) is 7.69. The average Bonchev–Trinajstić information content (AvgIpc) is 2.93. The van der Waals surface area contributed by atoms with Gasteiger partial charge in [-0.2, -0.15) is 4.98 Å². The molecule has 0 amide bonds. The van der Waals surface area contributed by atoms with Gasteiger partial charge in [0.25, 0.3) is 0 Å². The largest absolute Gasteiger partial charge is 0.339 e. The van der Waals surface area contributed by atoms with Crippen LogP contribution in [0.15, 0.2) is 4.52 Å². The van der Waals surface area contributed by atoms with E-state index >= 15 is 0 Å². The highest BCUT2D eigenvalue weighted by atomic mass is 32.2. The molecule has 0 aromatic carbocycles. The molecule has 2 unspecified atom stereocenters. The van der Waals surface area contributed by atoms with Crippen molar-refractivity contribution >= 4 is 11.8 Å². The van der Waals surface area contributed by atoms with Crippen molar-refractivity contribution in [2.24, 2.45) is 5.92 Å². The molecule has 2 fully saturated rings. The third kappa shape index (κ3) is 3.76. The molecule has 4 nitrogen and oxygen atoms in total. The van der Waals surface area contributed by atoms with Crippen molar-refractivity contribution in [3.8, 4) is 0 Å². The maximum atomic E-state index is 5.43. The van der Waals surface area contributed by atoms with E-state index in [0.717, 1.165) is 41.9 Å². The fraction of sp³-hybridized carbons (Fsp3) is 0.867. The predicted octanol–water partition coefficient (Wildman–Crippen LogP) is 3.17. The van der Waals surface area contributed by atoms with Crippen molar-refractivity contribution < 1.29 is 4.52 Å². The molecule has 2 aliphatic heterocycles. The summed E-state index contributed by atoms with van der Waals surface area (Å²) in [7, 11) is 0. The second-order valence-electron chi connectivity index (χ2n) is 7.18. The Morgan fingerprint density at radius 3 is 2.60 bits per heavy atom. The number of piperidine rings is 1. The summed E-state index contributed by atoms with van der Waals surface area (Å²) in [5.74, 6) is 3.24. The van der Waals surface area contributed by atoms with E-state index in [4.69, 9.17) is 4.52 Å². The highest BCUT2D eigenvalue weighted by Gasteiger charge is 2.34. The van der Waals surface area contributed by atoms with Crippen molar-refractivity contribution in [2.75, 3.05) is 0 Å². The second kappa shape index (κ2) is 5.68. The summed E-state index contributed by atoms with van der Waals surface area (Å²) < 4.78 is 5.67. The van der Waals surface area contributed by atoms with E-state index in [0.29, 0.717) is 0 Å². The lowest BCUT2D eigenvalue weighted by Gasteiger charge is -2.28. The number of rotatable bonds is 4. The van der Waals surface area contributed by atoms with Crippen LogP contribution < -0.4 is 5.32 Å². The summed E-state index contributed by atoms with van der Waals surface area (Å²) in [6.45, 7) is 6.64. The molecule has 0 aliphatic carbocycles. The molecular formula is C15H25N3OS. The molecule has 2 bridgehead atoms. The van der Waals surface area contributed by atoms with Crippen LogP contribution in [-0.4, -0.2) is 27.0 Å². The summed E-state index contributed by atoms with van der Waals surface area (Å²) in [5, 5.41) is 7.79. The molecule has 0 saturated carbocycles. The second-order valence-corrected chi connectivity index (χ2v) is 8.99. The fourth-order valence-electron chi connectivity index (χ4n) is 3.30. The molecule has 20 heavy (non-hydrogen) atoms. The molecule has 3 rings (SSSR count). The first-order chi connectivity index (χ1) is 9.48. The summed E-state index contributed by atoms with van der Waals surface area (Å²) in [6.07, 6.45) is 6.19. The summed E-state index contributed by atoms with van der Waals surface area (Å²) in [6, 6.07) is 1.47. The number of hydrogen-bond acceptors (Lipinski definition) is 5. The van der Waals surface area contributed by atoms with Crippen LogP contribution >= 0.6 is 11.8 Å². The molecule has 1 N–H and O–H groups in total. The Morgan fingerprint density at radius 2 is 1.95 bits per heavy atom. The number of nitrogens with one attached hydrogen (secondary N) is 1. The van der Waals surface area contributed by atoms with Gasteiger partial charge in [0.05, 0.1) is 5.75 Å². The summed E-state index contributed by atoms with van der Waals surface area (Å²) in [4.78, 5) is 4.56. The average molecular weight is 295 g/mol. The molecule has 5 heteroatoms. The Morgan fingerprint density at radius 1 is 1.25 bits per heavy atom. The zero-order valence-corrected chi connectivity index (χ0v) is 13.5. The molecular weight excluding hydrogens is 270 g/mol. The first-order valence-corrected chi connectivity index (χ1v) is 8.68. The normalized spacial score (nSPS) is 29.9. The summed E-state index contributed by atoms with van der Waals surface area (Å²) in [5.41, 5.74) is 0. The predicted molar refractivity (Wildman–Crippen MR) is 81.7 cm³/mol. The van der Waals surface area contributed by atoms with E-state index in [9.17, 15) is 0 Å². The van der Waals surface area contributed by atoms with Crippen molar-refractivity contribution in [1.82, 2.24) is 15.5 Å². The minimum Gasteiger partial charge on any atom is -0.339 e. The van der Waals surface area contributed by atoms with Crippen molar-refractivity contribution in [1.29, 1.82) is 0 Å². The number of aromatic nitrogens is 2. The molecule has 2 aliphatic rings. The lowest BCUT2D eigenvalue weighted by molar-refractivity contribution is 0.270. The minimum atomic E-state index is 0.245. The molecule has 2 saturated heterocycles. The Balaban J connectivity index is 1.52. The topological polar surface area (TPSA) is 51.0 Å². The molecule has 0 spiro atoms. The van der Waals surface area contributed by atoms with E-state index < -0.39 is 0 Å². The van der Waals surface area contributed by atoms with Crippen molar-refractivity contribution in [2.45, 2.75) is 75.5 Å². The van der Waals surface area contributed by atoms with Crippen LogP contribution in [-0.2, 0) is 12.2 Å². The molecule has 2 atom stereocenters. The van der Waals surface area contributed by atoms with Crippen LogP contribution in [0.5, 0.6) is 0 Å². The van der Waals surface area contributed by atoms with E-state index in [1.807, 2.05) is 11.8 Å². The van der Waals surface area contributed by atoms with Gasteiger partial charge in [0.1, 0.15) is 0 Å². The third-order valence-corrected chi connectivity index (χ3v) is 5.45. The Kier molecular flexibility index (Phi) is 4.09. The molecule has 0 radical (unpaired) electrons. The van der Waals surface area contributed by atoms with Gasteiger partial charge in [-0.15, -0.1) is 11.8 Å². The van der Waals surface area contributed by atoms with E-state index in [1.165, 1.54) is 25.7 Å². The Labute approximate surface area is 125 Å². The van der Waals surface area contributed by atoms with Gasteiger partial charge < -0.3 is 9.84 Å². The number of hydrogen-bond donors (Lipinski definition) is 1. The van der Waals surface area contributed by atoms with Gasteiger partial charge >= 0.3 is 0 Å². The highest BCUT2D eigenvalue weighted by Crippen LogP contribution is 2.32.